The molecule has 1 aromatic carbocycles. The van der Waals surface area contributed by atoms with E-state index in [1.54, 1.807) is 0 Å². The summed E-state index contributed by atoms with van der Waals surface area (Å²) in [4.78, 5) is 0. The highest BCUT2D eigenvalue weighted by atomic mass is 14.9. The van der Waals surface area contributed by atoms with Gasteiger partial charge in [0.15, 0.2) is 0 Å². The lowest BCUT2D eigenvalue weighted by atomic mass is 10.0. The third-order valence-electron chi connectivity index (χ3n) is 3.25. The molecule has 0 unspecified atom stereocenters. The van der Waals surface area contributed by atoms with Crippen LogP contribution in [0.25, 0.3) is 0 Å². The van der Waals surface area contributed by atoms with Crippen LogP contribution in [0.2, 0.25) is 0 Å². The van der Waals surface area contributed by atoms with E-state index in [1.165, 1.54) is 30.4 Å². The van der Waals surface area contributed by atoms with Gasteiger partial charge in [-0.1, -0.05) is 52.0 Å². The van der Waals surface area contributed by atoms with Crippen molar-refractivity contribution in [2.24, 2.45) is 5.92 Å². The molecule has 0 bridgehead atoms. The predicted molar refractivity (Wildman–Crippen MR) is 76.2 cm³/mol. The summed E-state index contributed by atoms with van der Waals surface area (Å²) in [5.41, 5.74) is 2.84. The normalized spacial score (nSPS) is 11.4. The standard InChI is InChI=1S/C16H27N/c1-5-16(6-2)17-12-15-9-7-14(8-10-15)11-13(3)4/h7-10,13,16-17H,5-6,11-12H2,1-4H3. The van der Waals surface area contributed by atoms with Crippen LogP contribution in [0.4, 0.5) is 0 Å². The van der Waals surface area contributed by atoms with E-state index in [0.717, 1.165) is 12.5 Å². The Labute approximate surface area is 107 Å². The average molecular weight is 233 g/mol. The molecule has 0 fully saturated rings. The van der Waals surface area contributed by atoms with E-state index in [0.29, 0.717) is 6.04 Å². The van der Waals surface area contributed by atoms with Crippen LogP contribution >= 0.6 is 0 Å². The van der Waals surface area contributed by atoms with Gasteiger partial charge in [0, 0.05) is 12.6 Å². The van der Waals surface area contributed by atoms with Crippen LogP contribution in [0, 0.1) is 5.92 Å². The topological polar surface area (TPSA) is 12.0 Å². The lowest BCUT2D eigenvalue weighted by Gasteiger charge is -2.14. The maximum Gasteiger partial charge on any atom is 0.0208 e. The molecule has 0 spiro atoms. The molecule has 17 heavy (non-hydrogen) atoms. The molecule has 0 aliphatic heterocycles. The Kier molecular flexibility index (Phi) is 6.28. The first-order valence-corrected chi connectivity index (χ1v) is 6.96. The minimum atomic E-state index is 0.658. The van der Waals surface area contributed by atoms with Crippen molar-refractivity contribution in [3.05, 3.63) is 35.4 Å². The van der Waals surface area contributed by atoms with Gasteiger partial charge in [-0.15, -0.1) is 0 Å². The van der Waals surface area contributed by atoms with Crippen LogP contribution in [0.15, 0.2) is 24.3 Å². The van der Waals surface area contributed by atoms with Crippen molar-refractivity contribution in [1.82, 2.24) is 5.32 Å². The van der Waals surface area contributed by atoms with Crippen molar-refractivity contribution >= 4 is 0 Å². The molecule has 1 heteroatoms. The minimum absolute atomic E-state index is 0.658. The minimum Gasteiger partial charge on any atom is -0.310 e. The Morgan fingerprint density at radius 3 is 1.94 bits per heavy atom. The first-order valence-electron chi connectivity index (χ1n) is 6.96. The molecule has 0 atom stereocenters. The second-order valence-corrected chi connectivity index (χ2v) is 5.31. The number of hydrogen-bond acceptors (Lipinski definition) is 1. The third-order valence-corrected chi connectivity index (χ3v) is 3.25. The quantitative estimate of drug-likeness (QED) is 0.745. The van der Waals surface area contributed by atoms with Gasteiger partial charge >= 0.3 is 0 Å². The second-order valence-electron chi connectivity index (χ2n) is 5.31. The third kappa shape index (κ3) is 5.36. The number of nitrogens with one attached hydrogen (secondary N) is 1. The second kappa shape index (κ2) is 7.50. The molecule has 0 heterocycles. The van der Waals surface area contributed by atoms with Gasteiger partial charge in [-0.2, -0.15) is 0 Å². The first kappa shape index (κ1) is 14.2. The van der Waals surface area contributed by atoms with Gasteiger partial charge in [-0.3, -0.25) is 0 Å². The number of benzene rings is 1. The smallest absolute Gasteiger partial charge is 0.0208 e. The lowest BCUT2D eigenvalue weighted by molar-refractivity contribution is 0.484. The van der Waals surface area contributed by atoms with Crippen LogP contribution in [0.5, 0.6) is 0 Å². The van der Waals surface area contributed by atoms with Crippen molar-refractivity contribution < 1.29 is 0 Å². The molecule has 1 N–H and O–H groups in total. The average Bonchev–Trinajstić information content (AvgIpc) is 2.32. The van der Waals surface area contributed by atoms with E-state index in [1.807, 2.05) is 0 Å². The maximum atomic E-state index is 3.60. The molecular formula is C16H27N. The molecule has 1 aromatic rings. The highest BCUT2D eigenvalue weighted by Crippen LogP contribution is 2.10. The van der Waals surface area contributed by atoms with Crippen LogP contribution in [0.1, 0.15) is 51.7 Å². The zero-order valence-corrected chi connectivity index (χ0v) is 11.8. The van der Waals surface area contributed by atoms with Crippen molar-refractivity contribution in [1.29, 1.82) is 0 Å². The Hall–Kier alpha value is -0.820. The van der Waals surface area contributed by atoms with E-state index in [4.69, 9.17) is 0 Å². The molecule has 0 aromatic heterocycles. The summed E-state index contributed by atoms with van der Waals surface area (Å²) in [7, 11) is 0. The van der Waals surface area contributed by atoms with Gasteiger partial charge in [0.25, 0.3) is 0 Å². The van der Waals surface area contributed by atoms with Gasteiger partial charge < -0.3 is 5.32 Å². The van der Waals surface area contributed by atoms with Crippen LogP contribution in [0.3, 0.4) is 0 Å². The van der Waals surface area contributed by atoms with Gasteiger partial charge in [0.2, 0.25) is 0 Å². The SMILES string of the molecule is CCC(CC)NCc1ccc(CC(C)C)cc1. The molecule has 0 aliphatic rings. The summed E-state index contributed by atoms with van der Waals surface area (Å²) in [5, 5.41) is 3.60. The first-order chi connectivity index (χ1) is 8.15. The van der Waals surface area contributed by atoms with Gasteiger partial charge in [-0.05, 0) is 36.3 Å². The summed E-state index contributed by atoms with van der Waals surface area (Å²) in [6.45, 7) is 10.0. The van der Waals surface area contributed by atoms with Crippen molar-refractivity contribution in [2.45, 2.75) is 59.5 Å². The Morgan fingerprint density at radius 2 is 1.47 bits per heavy atom. The fraction of sp³-hybridized carbons (Fsp3) is 0.625. The molecule has 1 rings (SSSR count). The lowest BCUT2D eigenvalue weighted by Crippen LogP contribution is -2.26. The molecule has 96 valence electrons. The summed E-state index contributed by atoms with van der Waals surface area (Å²) in [6.07, 6.45) is 3.60. The van der Waals surface area contributed by atoms with Crippen molar-refractivity contribution in [2.75, 3.05) is 0 Å². The van der Waals surface area contributed by atoms with Crippen LogP contribution < -0.4 is 5.32 Å². The van der Waals surface area contributed by atoms with Gasteiger partial charge in [0.05, 0.1) is 0 Å². The number of rotatable bonds is 7. The highest BCUT2D eigenvalue weighted by molar-refractivity contribution is 5.22. The van der Waals surface area contributed by atoms with E-state index < -0.39 is 0 Å². The molecule has 0 saturated heterocycles. The number of hydrogen-bond donors (Lipinski definition) is 1. The molecule has 1 nitrogen and oxygen atoms in total. The predicted octanol–water partition coefficient (Wildman–Crippen LogP) is 4.16. The zero-order valence-electron chi connectivity index (χ0n) is 11.8. The largest absolute Gasteiger partial charge is 0.310 e. The summed E-state index contributed by atoms with van der Waals surface area (Å²) < 4.78 is 0. The molecule has 0 aliphatic carbocycles. The molecule has 0 amide bonds. The Morgan fingerprint density at radius 1 is 0.941 bits per heavy atom. The highest BCUT2D eigenvalue weighted by Gasteiger charge is 2.02. The van der Waals surface area contributed by atoms with Crippen molar-refractivity contribution in [3.63, 3.8) is 0 Å². The van der Waals surface area contributed by atoms with Gasteiger partial charge in [-0.25, -0.2) is 0 Å². The van der Waals surface area contributed by atoms with E-state index in [9.17, 15) is 0 Å². The van der Waals surface area contributed by atoms with E-state index in [2.05, 4.69) is 57.3 Å². The molecular weight excluding hydrogens is 206 g/mol. The van der Waals surface area contributed by atoms with Crippen LogP contribution in [-0.4, -0.2) is 6.04 Å². The van der Waals surface area contributed by atoms with Gasteiger partial charge in [0.1, 0.15) is 0 Å². The Bertz CT molecular complexity index is 296. The summed E-state index contributed by atoms with van der Waals surface area (Å²) >= 11 is 0. The fourth-order valence-corrected chi connectivity index (χ4v) is 2.10. The monoisotopic (exact) mass is 233 g/mol. The zero-order chi connectivity index (χ0) is 12.7. The molecule has 0 radical (unpaired) electrons. The maximum absolute atomic E-state index is 3.60. The summed E-state index contributed by atoms with van der Waals surface area (Å²) in [6, 6.07) is 9.71. The van der Waals surface area contributed by atoms with Crippen LogP contribution in [-0.2, 0) is 13.0 Å². The van der Waals surface area contributed by atoms with E-state index >= 15 is 0 Å². The Balaban J connectivity index is 2.45. The summed E-state index contributed by atoms with van der Waals surface area (Å²) in [5.74, 6) is 0.739. The fourth-order valence-electron chi connectivity index (χ4n) is 2.10. The van der Waals surface area contributed by atoms with Crippen molar-refractivity contribution in [3.8, 4) is 0 Å². The molecule has 0 saturated carbocycles. The van der Waals surface area contributed by atoms with E-state index in [-0.39, 0.29) is 0 Å².